The van der Waals surface area contributed by atoms with Gasteiger partial charge in [-0.3, -0.25) is 4.39 Å². The first-order valence-electron chi connectivity index (χ1n) is 5.32. The maximum atomic E-state index is 11.7. The Balaban J connectivity index is 1.78. The van der Waals surface area contributed by atoms with Crippen LogP contribution < -0.4 is 5.32 Å². The molecule has 1 aliphatic carbocycles. The van der Waals surface area contributed by atoms with Crippen LogP contribution in [0.1, 0.15) is 32.1 Å². The van der Waals surface area contributed by atoms with Crippen molar-refractivity contribution in [1.29, 1.82) is 0 Å². The highest BCUT2D eigenvalue weighted by Crippen LogP contribution is 2.20. The second kappa shape index (κ2) is 7.27. The van der Waals surface area contributed by atoms with Crippen LogP contribution in [0, 0.1) is 0 Å². The van der Waals surface area contributed by atoms with E-state index in [1.807, 2.05) is 0 Å². The molecule has 0 spiro atoms. The third-order valence-electron chi connectivity index (χ3n) is 2.42. The molecule has 0 aromatic heterocycles. The van der Waals surface area contributed by atoms with Crippen LogP contribution in [0.5, 0.6) is 0 Å². The van der Waals surface area contributed by atoms with Crippen molar-refractivity contribution in [3.8, 4) is 0 Å². The van der Waals surface area contributed by atoms with Crippen LogP contribution in [0.25, 0.3) is 0 Å². The predicted molar refractivity (Wildman–Crippen MR) is 51.7 cm³/mol. The van der Waals surface area contributed by atoms with Gasteiger partial charge in [0, 0.05) is 6.54 Å². The third kappa shape index (κ3) is 5.21. The second-order valence-electron chi connectivity index (χ2n) is 3.57. The smallest absolute Gasteiger partial charge is 0.0906 e. The topological polar surface area (TPSA) is 21.3 Å². The zero-order chi connectivity index (χ0) is 9.36. The molecule has 0 aromatic carbocycles. The molecule has 1 fully saturated rings. The Hall–Kier alpha value is -0.150. The molecule has 0 bridgehead atoms. The van der Waals surface area contributed by atoms with E-state index in [4.69, 9.17) is 4.74 Å². The van der Waals surface area contributed by atoms with E-state index in [1.54, 1.807) is 0 Å². The SMILES string of the molecule is FCCCNCCOC1CCCC1. The monoisotopic (exact) mass is 189 g/mol. The largest absolute Gasteiger partial charge is 0.377 e. The molecule has 0 radical (unpaired) electrons. The Bertz CT molecular complexity index is 115. The Morgan fingerprint density at radius 1 is 1.23 bits per heavy atom. The average Bonchev–Trinajstić information content (AvgIpc) is 2.63. The Morgan fingerprint density at radius 3 is 2.69 bits per heavy atom. The lowest BCUT2D eigenvalue weighted by molar-refractivity contribution is 0.0604. The van der Waals surface area contributed by atoms with Gasteiger partial charge in [0.05, 0.1) is 19.4 Å². The van der Waals surface area contributed by atoms with Gasteiger partial charge in [0.15, 0.2) is 0 Å². The minimum Gasteiger partial charge on any atom is -0.377 e. The van der Waals surface area contributed by atoms with E-state index in [-0.39, 0.29) is 6.67 Å². The van der Waals surface area contributed by atoms with Crippen molar-refractivity contribution >= 4 is 0 Å². The summed E-state index contributed by atoms with van der Waals surface area (Å²) in [5.41, 5.74) is 0. The molecule has 0 saturated heterocycles. The van der Waals surface area contributed by atoms with E-state index in [0.717, 1.165) is 19.7 Å². The molecule has 1 aliphatic rings. The van der Waals surface area contributed by atoms with Crippen molar-refractivity contribution in [3.05, 3.63) is 0 Å². The van der Waals surface area contributed by atoms with Gasteiger partial charge in [0.1, 0.15) is 0 Å². The molecule has 1 saturated carbocycles. The van der Waals surface area contributed by atoms with Crippen molar-refractivity contribution in [1.82, 2.24) is 5.32 Å². The maximum Gasteiger partial charge on any atom is 0.0906 e. The Kier molecular flexibility index (Phi) is 6.11. The summed E-state index contributed by atoms with van der Waals surface area (Å²) in [4.78, 5) is 0. The highest BCUT2D eigenvalue weighted by atomic mass is 19.1. The molecule has 1 rings (SSSR count). The Labute approximate surface area is 79.8 Å². The first-order chi connectivity index (χ1) is 6.43. The molecule has 0 heterocycles. The molecular formula is C10H20FNO. The lowest BCUT2D eigenvalue weighted by Crippen LogP contribution is -2.23. The van der Waals surface area contributed by atoms with Crippen LogP contribution >= 0.6 is 0 Å². The minimum absolute atomic E-state index is 0.226. The zero-order valence-electron chi connectivity index (χ0n) is 8.23. The van der Waals surface area contributed by atoms with Crippen LogP contribution in [-0.4, -0.2) is 32.5 Å². The van der Waals surface area contributed by atoms with Crippen molar-refractivity contribution in [2.24, 2.45) is 0 Å². The van der Waals surface area contributed by atoms with Gasteiger partial charge in [-0.15, -0.1) is 0 Å². The van der Waals surface area contributed by atoms with Gasteiger partial charge < -0.3 is 10.1 Å². The quantitative estimate of drug-likeness (QED) is 0.618. The fourth-order valence-corrected chi connectivity index (χ4v) is 1.67. The van der Waals surface area contributed by atoms with E-state index >= 15 is 0 Å². The lowest BCUT2D eigenvalue weighted by atomic mass is 10.3. The number of nitrogens with one attached hydrogen (secondary N) is 1. The molecule has 0 aromatic rings. The molecule has 0 atom stereocenters. The van der Waals surface area contributed by atoms with Gasteiger partial charge in [-0.25, -0.2) is 0 Å². The molecule has 2 nitrogen and oxygen atoms in total. The second-order valence-corrected chi connectivity index (χ2v) is 3.57. The number of ether oxygens (including phenoxy) is 1. The van der Waals surface area contributed by atoms with Crippen LogP contribution in [0.15, 0.2) is 0 Å². The fraction of sp³-hybridized carbons (Fsp3) is 1.00. The molecule has 13 heavy (non-hydrogen) atoms. The van der Waals surface area contributed by atoms with Crippen molar-refractivity contribution in [3.63, 3.8) is 0 Å². The summed E-state index contributed by atoms with van der Waals surface area (Å²) in [6, 6.07) is 0. The number of alkyl halides is 1. The van der Waals surface area contributed by atoms with Gasteiger partial charge >= 0.3 is 0 Å². The van der Waals surface area contributed by atoms with Crippen LogP contribution in [0.3, 0.4) is 0 Å². The van der Waals surface area contributed by atoms with E-state index in [2.05, 4.69) is 5.32 Å². The van der Waals surface area contributed by atoms with Crippen molar-refractivity contribution in [2.75, 3.05) is 26.4 Å². The predicted octanol–water partition coefficient (Wildman–Crippen LogP) is 1.89. The van der Waals surface area contributed by atoms with Gasteiger partial charge in [-0.1, -0.05) is 12.8 Å². The van der Waals surface area contributed by atoms with E-state index in [0.29, 0.717) is 12.5 Å². The zero-order valence-corrected chi connectivity index (χ0v) is 8.23. The normalized spacial score (nSPS) is 18.2. The highest BCUT2D eigenvalue weighted by molar-refractivity contribution is 4.66. The van der Waals surface area contributed by atoms with Crippen molar-refractivity contribution < 1.29 is 9.13 Å². The fourth-order valence-electron chi connectivity index (χ4n) is 1.67. The van der Waals surface area contributed by atoms with E-state index in [9.17, 15) is 4.39 Å². The van der Waals surface area contributed by atoms with Gasteiger partial charge in [0.25, 0.3) is 0 Å². The maximum absolute atomic E-state index is 11.7. The molecular weight excluding hydrogens is 169 g/mol. The molecule has 1 N–H and O–H groups in total. The highest BCUT2D eigenvalue weighted by Gasteiger charge is 2.14. The summed E-state index contributed by atoms with van der Waals surface area (Å²) in [7, 11) is 0. The lowest BCUT2D eigenvalue weighted by Gasteiger charge is -2.10. The van der Waals surface area contributed by atoms with Gasteiger partial charge in [-0.05, 0) is 25.8 Å². The molecule has 78 valence electrons. The van der Waals surface area contributed by atoms with Crippen molar-refractivity contribution in [2.45, 2.75) is 38.2 Å². The summed E-state index contributed by atoms with van der Waals surface area (Å²) in [6.07, 6.45) is 6.21. The van der Waals surface area contributed by atoms with Gasteiger partial charge in [-0.2, -0.15) is 0 Å². The first kappa shape index (κ1) is 10.9. The Morgan fingerprint density at radius 2 is 2.00 bits per heavy atom. The molecule has 0 aliphatic heterocycles. The van der Waals surface area contributed by atoms with Gasteiger partial charge in [0.2, 0.25) is 0 Å². The van der Waals surface area contributed by atoms with Crippen LogP contribution in [-0.2, 0) is 4.74 Å². The van der Waals surface area contributed by atoms with Crippen LogP contribution in [0.2, 0.25) is 0 Å². The average molecular weight is 189 g/mol. The minimum atomic E-state index is -0.226. The van der Waals surface area contributed by atoms with E-state index in [1.165, 1.54) is 25.7 Å². The number of rotatable bonds is 7. The molecule has 3 heteroatoms. The summed E-state index contributed by atoms with van der Waals surface area (Å²) in [5, 5.41) is 3.15. The molecule has 0 unspecified atom stereocenters. The standard InChI is InChI=1S/C10H20FNO/c11-6-3-7-12-8-9-13-10-4-1-2-5-10/h10,12H,1-9H2. The summed E-state index contributed by atoms with van der Waals surface area (Å²) < 4.78 is 17.3. The first-order valence-corrected chi connectivity index (χ1v) is 5.32. The van der Waals surface area contributed by atoms with E-state index < -0.39 is 0 Å². The summed E-state index contributed by atoms with van der Waals surface area (Å²) in [6.45, 7) is 2.18. The summed E-state index contributed by atoms with van der Waals surface area (Å²) in [5.74, 6) is 0. The van der Waals surface area contributed by atoms with Crippen LogP contribution in [0.4, 0.5) is 4.39 Å². The number of halogens is 1. The number of hydrogen-bond acceptors (Lipinski definition) is 2. The third-order valence-corrected chi connectivity index (χ3v) is 2.42. The molecule has 0 amide bonds. The summed E-state index contributed by atoms with van der Waals surface area (Å²) >= 11 is 0. The number of hydrogen-bond donors (Lipinski definition) is 1.